The van der Waals surface area contributed by atoms with Gasteiger partial charge in [0, 0.05) is 23.9 Å². The summed E-state index contributed by atoms with van der Waals surface area (Å²) in [5.74, 6) is 1.18. The quantitative estimate of drug-likeness (QED) is 0.840. The van der Waals surface area contributed by atoms with Crippen LogP contribution in [0.2, 0.25) is 0 Å². The van der Waals surface area contributed by atoms with Gasteiger partial charge in [-0.05, 0) is 13.0 Å². The zero-order chi connectivity index (χ0) is 13.8. The Bertz CT molecular complexity index is 497. The Balaban J connectivity index is 2.84. The van der Waals surface area contributed by atoms with E-state index in [0.717, 1.165) is 5.56 Å². The van der Waals surface area contributed by atoms with Crippen LogP contribution in [0.15, 0.2) is 18.2 Å². The van der Waals surface area contributed by atoms with E-state index in [1.54, 1.807) is 19.2 Å². The fourth-order valence-corrected chi connectivity index (χ4v) is 1.83. The molecule has 0 heterocycles. The topological polar surface area (TPSA) is 78.6 Å². The molecule has 0 amide bonds. The second kappa shape index (κ2) is 6.06. The first kappa shape index (κ1) is 14.8. The molecule has 1 rings (SSSR count). The molecule has 1 aromatic carbocycles. The van der Waals surface area contributed by atoms with Gasteiger partial charge in [-0.1, -0.05) is 6.07 Å². The molecule has 102 valence electrons. The molecule has 0 aliphatic carbocycles. The minimum absolute atomic E-state index is 0.0252. The van der Waals surface area contributed by atoms with Crippen molar-refractivity contribution >= 4 is 9.84 Å². The summed E-state index contributed by atoms with van der Waals surface area (Å²) in [6.07, 6.45) is 1.18. The molecule has 0 aliphatic rings. The average Bonchev–Trinajstić information content (AvgIpc) is 2.26. The van der Waals surface area contributed by atoms with Gasteiger partial charge in [0.05, 0.1) is 12.9 Å². The fraction of sp³-hybridized carbons (Fsp3) is 0.500. The van der Waals surface area contributed by atoms with Crippen molar-refractivity contribution in [3.63, 3.8) is 0 Å². The highest BCUT2D eigenvalue weighted by atomic mass is 32.2. The van der Waals surface area contributed by atoms with Crippen molar-refractivity contribution in [3.8, 4) is 11.5 Å². The van der Waals surface area contributed by atoms with Crippen molar-refractivity contribution in [2.24, 2.45) is 5.73 Å². The van der Waals surface area contributed by atoms with Gasteiger partial charge in [-0.25, -0.2) is 8.42 Å². The van der Waals surface area contributed by atoms with Crippen LogP contribution in [0.5, 0.6) is 11.5 Å². The molecule has 6 heteroatoms. The Morgan fingerprint density at radius 1 is 1.39 bits per heavy atom. The molecule has 0 bridgehead atoms. The first-order valence-corrected chi connectivity index (χ1v) is 7.63. The van der Waals surface area contributed by atoms with E-state index in [2.05, 4.69) is 0 Å². The van der Waals surface area contributed by atoms with Gasteiger partial charge in [0.25, 0.3) is 0 Å². The largest absolute Gasteiger partial charge is 0.497 e. The minimum Gasteiger partial charge on any atom is -0.497 e. The highest BCUT2D eigenvalue weighted by Gasteiger charge is 2.11. The molecule has 5 nitrogen and oxygen atoms in total. The zero-order valence-corrected chi connectivity index (χ0v) is 11.7. The van der Waals surface area contributed by atoms with Crippen molar-refractivity contribution in [3.05, 3.63) is 23.8 Å². The average molecular weight is 273 g/mol. The van der Waals surface area contributed by atoms with E-state index in [1.165, 1.54) is 6.26 Å². The Kier molecular flexibility index (Phi) is 4.98. The Morgan fingerprint density at radius 3 is 2.56 bits per heavy atom. The maximum absolute atomic E-state index is 11.0. The number of hydrogen-bond acceptors (Lipinski definition) is 5. The molecule has 1 atom stereocenters. The smallest absolute Gasteiger partial charge is 0.150 e. The summed E-state index contributed by atoms with van der Waals surface area (Å²) in [5, 5.41) is 0. The van der Waals surface area contributed by atoms with Gasteiger partial charge in [-0.15, -0.1) is 0 Å². The number of benzene rings is 1. The lowest BCUT2D eigenvalue weighted by atomic mass is 10.1. The second-order valence-corrected chi connectivity index (χ2v) is 6.43. The van der Waals surface area contributed by atoms with Crippen molar-refractivity contribution in [1.82, 2.24) is 0 Å². The third-order valence-electron chi connectivity index (χ3n) is 2.42. The van der Waals surface area contributed by atoms with Crippen LogP contribution in [-0.2, 0) is 9.84 Å². The predicted octanol–water partition coefficient (Wildman–Crippen LogP) is 1.14. The molecule has 0 aromatic heterocycles. The van der Waals surface area contributed by atoms with Crippen LogP contribution in [0.1, 0.15) is 18.5 Å². The minimum atomic E-state index is -3.03. The highest BCUT2D eigenvalue weighted by Crippen LogP contribution is 2.28. The van der Waals surface area contributed by atoms with E-state index in [9.17, 15) is 8.42 Å². The van der Waals surface area contributed by atoms with Crippen LogP contribution in [0.4, 0.5) is 0 Å². The number of nitrogens with two attached hydrogens (primary N) is 1. The third kappa shape index (κ3) is 4.54. The molecule has 2 N–H and O–H groups in total. The maximum Gasteiger partial charge on any atom is 0.150 e. The first-order valence-electron chi connectivity index (χ1n) is 5.57. The molecular weight excluding hydrogens is 254 g/mol. The summed E-state index contributed by atoms with van der Waals surface area (Å²) in [6.45, 7) is 1.94. The Hall–Kier alpha value is -1.27. The van der Waals surface area contributed by atoms with Crippen molar-refractivity contribution in [2.75, 3.05) is 25.7 Å². The summed E-state index contributed by atoms with van der Waals surface area (Å²) in [5.41, 5.74) is 6.65. The lowest BCUT2D eigenvalue weighted by Crippen LogP contribution is -2.14. The first-order chi connectivity index (χ1) is 8.33. The monoisotopic (exact) mass is 273 g/mol. The molecule has 0 saturated heterocycles. The van der Waals surface area contributed by atoms with E-state index in [4.69, 9.17) is 15.2 Å². The predicted molar refractivity (Wildman–Crippen MR) is 70.8 cm³/mol. The fourth-order valence-electron chi connectivity index (χ4n) is 1.45. The van der Waals surface area contributed by atoms with Crippen LogP contribution < -0.4 is 15.2 Å². The van der Waals surface area contributed by atoms with Gasteiger partial charge in [0.1, 0.15) is 18.1 Å². The molecule has 0 radical (unpaired) electrons. The van der Waals surface area contributed by atoms with Gasteiger partial charge < -0.3 is 15.2 Å². The van der Waals surface area contributed by atoms with Crippen molar-refractivity contribution < 1.29 is 17.9 Å². The second-order valence-electron chi connectivity index (χ2n) is 4.17. The highest BCUT2D eigenvalue weighted by molar-refractivity contribution is 7.90. The summed E-state index contributed by atoms with van der Waals surface area (Å²) in [7, 11) is -1.47. The summed E-state index contributed by atoms with van der Waals surface area (Å²) < 4.78 is 32.6. The standard InChI is InChI=1S/C12H19NO4S/c1-9(13)11-5-4-10(16-2)8-12(11)17-6-7-18(3,14)15/h4-5,8-9H,6-7,13H2,1-3H3. The zero-order valence-electron chi connectivity index (χ0n) is 10.8. The summed E-state index contributed by atoms with van der Waals surface area (Å²) in [6, 6.07) is 5.13. The Labute approximate surface area is 108 Å². The van der Waals surface area contributed by atoms with Gasteiger partial charge in [0.15, 0.2) is 9.84 Å². The van der Waals surface area contributed by atoms with Crippen LogP contribution >= 0.6 is 0 Å². The normalized spacial score (nSPS) is 13.1. The van der Waals surface area contributed by atoms with Crippen molar-refractivity contribution in [2.45, 2.75) is 13.0 Å². The van der Waals surface area contributed by atoms with Crippen molar-refractivity contribution in [1.29, 1.82) is 0 Å². The lowest BCUT2D eigenvalue weighted by Gasteiger charge is -2.15. The summed E-state index contributed by atoms with van der Waals surface area (Å²) in [4.78, 5) is 0. The molecule has 18 heavy (non-hydrogen) atoms. The Morgan fingerprint density at radius 2 is 2.06 bits per heavy atom. The van der Waals surface area contributed by atoms with Gasteiger partial charge in [-0.3, -0.25) is 0 Å². The lowest BCUT2D eigenvalue weighted by molar-refractivity contribution is 0.331. The van der Waals surface area contributed by atoms with E-state index in [0.29, 0.717) is 11.5 Å². The number of ether oxygens (including phenoxy) is 2. The molecule has 0 spiro atoms. The van der Waals surface area contributed by atoms with E-state index < -0.39 is 9.84 Å². The third-order valence-corrected chi connectivity index (χ3v) is 3.33. The van der Waals surface area contributed by atoms with Gasteiger partial charge >= 0.3 is 0 Å². The molecule has 0 fully saturated rings. The van der Waals surface area contributed by atoms with Crippen LogP contribution in [0.25, 0.3) is 0 Å². The number of rotatable bonds is 6. The number of sulfone groups is 1. The SMILES string of the molecule is COc1ccc(C(C)N)c(OCCS(C)(=O)=O)c1. The maximum atomic E-state index is 11.0. The molecule has 0 saturated carbocycles. The van der Waals surface area contributed by atoms with Crippen LogP contribution in [0, 0.1) is 0 Å². The molecule has 1 unspecified atom stereocenters. The van der Waals surface area contributed by atoms with E-state index in [-0.39, 0.29) is 18.4 Å². The van der Waals surface area contributed by atoms with Crippen LogP contribution in [0.3, 0.4) is 0 Å². The van der Waals surface area contributed by atoms with Crippen LogP contribution in [-0.4, -0.2) is 34.1 Å². The summed E-state index contributed by atoms with van der Waals surface area (Å²) >= 11 is 0. The molecule has 1 aromatic rings. The van der Waals surface area contributed by atoms with E-state index in [1.807, 2.05) is 13.0 Å². The molecular formula is C12H19NO4S. The van der Waals surface area contributed by atoms with Gasteiger partial charge in [0.2, 0.25) is 0 Å². The number of methoxy groups -OCH3 is 1. The van der Waals surface area contributed by atoms with E-state index >= 15 is 0 Å². The number of hydrogen-bond donors (Lipinski definition) is 1. The van der Waals surface area contributed by atoms with Gasteiger partial charge in [-0.2, -0.15) is 0 Å². The molecule has 0 aliphatic heterocycles.